The summed E-state index contributed by atoms with van der Waals surface area (Å²) in [6.45, 7) is 4.93. The summed E-state index contributed by atoms with van der Waals surface area (Å²) in [6, 6.07) is 0. The Balaban J connectivity index is 2.80. The minimum Gasteiger partial charge on any atom is -0.481 e. The first-order valence-corrected chi connectivity index (χ1v) is 3.56. The largest absolute Gasteiger partial charge is 0.481 e. The van der Waals surface area contributed by atoms with E-state index in [9.17, 15) is 4.79 Å². The topological polar surface area (TPSA) is 46.5 Å². The molecule has 0 fully saturated rings. The van der Waals surface area contributed by atoms with E-state index in [1.807, 2.05) is 0 Å². The maximum absolute atomic E-state index is 11.1. The molecule has 0 spiro atoms. The number of aliphatic hydroxyl groups is 1. The van der Waals surface area contributed by atoms with E-state index in [4.69, 9.17) is 9.84 Å². The van der Waals surface area contributed by atoms with Gasteiger partial charge in [-0.25, -0.2) is 0 Å². The van der Waals surface area contributed by atoms with Gasteiger partial charge in [-0.05, 0) is 20.8 Å². The molecule has 1 atom stereocenters. The van der Waals surface area contributed by atoms with Crippen LogP contribution in [0.2, 0.25) is 0 Å². The number of rotatable bonds is 1. The molecule has 0 bridgehead atoms. The summed E-state index contributed by atoms with van der Waals surface area (Å²) < 4.78 is 5.18. The van der Waals surface area contributed by atoms with E-state index in [0.29, 0.717) is 5.76 Å². The highest BCUT2D eigenvalue weighted by Gasteiger charge is 2.36. The van der Waals surface area contributed by atoms with E-state index >= 15 is 0 Å². The monoisotopic (exact) mass is 156 g/mol. The highest BCUT2D eigenvalue weighted by Crippen LogP contribution is 2.25. The Morgan fingerprint density at radius 1 is 1.64 bits per heavy atom. The van der Waals surface area contributed by atoms with Gasteiger partial charge in [0, 0.05) is 6.08 Å². The van der Waals surface area contributed by atoms with Crippen molar-refractivity contribution < 1.29 is 14.6 Å². The van der Waals surface area contributed by atoms with Gasteiger partial charge >= 0.3 is 0 Å². The molecular formula is C8H12O3. The van der Waals surface area contributed by atoms with Crippen molar-refractivity contribution in [1.82, 2.24) is 0 Å². The van der Waals surface area contributed by atoms with E-state index in [1.54, 1.807) is 20.8 Å². The Labute approximate surface area is 65.7 Å². The summed E-state index contributed by atoms with van der Waals surface area (Å²) in [6.07, 6.45) is 0.658. The second kappa shape index (κ2) is 2.34. The molecule has 0 aromatic heterocycles. The quantitative estimate of drug-likeness (QED) is 0.605. The molecule has 0 saturated heterocycles. The van der Waals surface area contributed by atoms with Crippen molar-refractivity contribution in [2.45, 2.75) is 32.5 Å². The van der Waals surface area contributed by atoms with Crippen molar-refractivity contribution in [1.29, 1.82) is 0 Å². The number of hydrogen-bond donors (Lipinski definition) is 1. The predicted octanol–water partition coefficient (Wildman–Crippen LogP) is 0.629. The molecule has 3 heteroatoms. The molecule has 62 valence electrons. The van der Waals surface area contributed by atoms with Crippen LogP contribution in [0.1, 0.15) is 20.8 Å². The van der Waals surface area contributed by atoms with Crippen molar-refractivity contribution >= 4 is 5.78 Å². The van der Waals surface area contributed by atoms with Gasteiger partial charge in [-0.15, -0.1) is 0 Å². The van der Waals surface area contributed by atoms with Gasteiger partial charge in [-0.1, -0.05) is 0 Å². The van der Waals surface area contributed by atoms with Gasteiger partial charge in [0.1, 0.15) is 11.9 Å². The van der Waals surface area contributed by atoms with E-state index < -0.39 is 11.7 Å². The molecule has 0 aromatic rings. The van der Waals surface area contributed by atoms with Crippen molar-refractivity contribution in [3.8, 4) is 0 Å². The third-order valence-corrected chi connectivity index (χ3v) is 1.65. The average Bonchev–Trinajstić information content (AvgIpc) is 2.08. The first kappa shape index (κ1) is 8.27. The Morgan fingerprint density at radius 3 is 2.36 bits per heavy atom. The van der Waals surface area contributed by atoms with Crippen LogP contribution >= 0.6 is 0 Å². The summed E-state index contributed by atoms with van der Waals surface area (Å²) in [7, 11) is 0. The van der Waals surface area contributed by atoms with E-state index in [1.165, 1.54) is 6.08 Å². The van der Waals surface area contributed by atoms with Gasteiger partial charge in [0.2, 0.25) is 5.78 Å². The maximum atomic E-state index is 11.1. The molecule has 0 aliphatic carbocycles. The number of ether oxygens (including phenoxy) is 1. The van der Waals surface area contributed by atoms with E-state index in [-0.39, 0.29) is 5.78 Å². The lowest BCUT2D eigenvalue weighted by Gasteiger charge is -2.18. The molecule has 1 rings (SSSR count). The van der Waals surface area contributed by atoms with Gasteiger partial charge < -0.3 is 9.84 Å². The molecule has 1 aliphatic heterocycles. The minimum absolute atomic E-state index is 0.0894. The number of ketones is 1. The van der Waals surface area contributed by atoms with Gasteiger partial charge in [-0.2, -0.15) is 0 Å². The third-order valence-electron chi connectivity index (χ3n) is 1.65. The number of hydrogen-bond acceptors (Lipinski definition) is 3. The highest BCUT2D eigenvalue weighted by atomic mass is 16.5. The molecule has 1 unspecified atom stereocenters. The normalized spacial score (nSPS) is 24.4. The Bertz CT molecular complexity index is 213. The zero-order chi connectivity index (χ0) is 8.65. The van der Waals surface area contributed by atoms with E-state index in [0.717, 1.165) is 0 Å². The van der Waals surface area contributed by atoms with Crippen LogP contribution in [0.5, 0.6) is 0 Å². The second-order valence-electron chi connectivity index (χ2n) is 3.20. The molecule has 0 radical (unpaired) electrons. The van der Waals surface area contributed by atoms with Crippen LogP contribution in [0.15, 0.2) is 11.8 Å². The smallest absolute Gasteiger partial charge is 0.202 e. The summed E-state index contributed by atoms with van der Waals surface area (Å²) in [5, 5.41) is 9.06. The van der Waals surface area contributed by atoms with Gasteiger partial charge in [0.05, 0.1) is 0 Å². The van der Waals surface area contributed by atoms with Crippen molar-refractivity contribution in [2.75, 3.05) is 0 Å². The summed E-state index contributed by atoms with van der Waals surface area (Å²) in [4.78, 5) is 11.1. The Hall–Kier alpha value is -0.830. The fraction of sp³-hybridized carbons (Fsp3) is 0.625. The predicted molar refractivity (Wildman–Crippen MR) is 39.9 cm³/mol. The van der Waals surface area contributed by atoms with Crippen molar-refractivity contribution in [3.05, 3.63) is 11.8 Å². The van der Waals surface area contributed by atoms with E-state index in [2.05, 4.69) is 0 Å². The summed E-state index contributed by atoms with van der Waals surface area (Å²) in [5.74, 6) is 0.272. The van der Waals surface area contributed by atoms with Crippen LogP contribution in [-0.2, 0) is 9.53 Å². The van der Waals surface area contributed by atoms with Gasteiger partial charge in [-0.3, -0.25) is 4.79 Å². The lowest BCUT2D eigenvalue weighted by Crippen LogP contribution is -2.28. The van der Waals surface area contributed by atoms with Crippen LogP contribution in [0.4, 0.5) is 0 Å². The molecule has 11 heavy (non-hydrogen) atoms. The average molecular weight is 156 g/mol. The second-order valence-corrected chi connectivity index (χ2v) is 3.20. The highest BCUT2D eigenvalue weighted by molar-refractivity contribution is 5.98. The first-order chi connectivity index (χ1) is 4.93. The SMILES string of the molecule is CC(O)C1=CC(=O)C(C)(C)O1. The van der Waals surface area contributed by atoms with Gasteiger partial charge in [0.15, 0.2) is 5.60 Å². The summed E-state index contributed by atoms with van der Waals surface area (Å²) in [5.41, 5.74) is -0.785. The standard InChI is InChI=1S/C8H12O3/c1-5(9)6-4-7(10)8(2,3)11-6/h4-5,9H,1-3H3. The molecular weight excluding hydrogens is 144 g/mol. The lowest BCUT2D eigenvalue weighted by molar-refractivity contribution is -0.127. The molecule has 0 amide bonds. The maximum Gasteiger partial charge on any atom is 0.202 e. The molecule has 1 N–H and O–H groups in total. The molecule has 3 nitrogen and oxygen atoms in total. The zero-order valence-corrected chi connectivity index (χ0v) is 6.92. The van der Waals surface area contributed by atoms with Crippen molar-refractivity contribution in [3.63, 3.8) is 0 Å². The van der Waals surface area contributed by atoms with Crippen molar-refractivity contribution in [2.24, 2.45) is 0 Å². The van der Waals surface area contributed by atoms with Crippen LogP contribution in [0.25, 0.3) is 0 Å². The first-order valence-electron chi connectivity index (χ1n) is 3.56. The fourth-order valence-corrected chi connectivity index (χ4v) is 0.883. The van der Waals surface area contributed by atoms with Crippen LogP contribution < -0.4 is 0 Å². The third kappa shape index (κ3) is 1.43. The Kier molecular flexibility index (Phi) is 1.76. The molecule has 1 aliphatic rings. The number of carbonyl (C=O) groups excluding carboxylic acids is 1. The van der Waals surface area contributed by atoms with Crippen LogP contribution in [0.3, 0.4) is 0 Å². The Morgan fingerprint density at radius 2 is 2.18 bits per heavy atom. The molecule has 0 aromatic carbocycles. The molecule has 1 heterocycles. The fourth-order valence-electron chi connectivity index (χ4n) is 0.883. The number of aliphatic hydroxyl groups excluding tert-OH is 1. The minimum atomic E-state index is -0.785. The summed E-state index contributed by atoms with van der Waals surface area (Å²) >= 11 is 0. The molecule has 0 saturated carbocycles. The lowest BCUT2D eigenvalue weighted by atomic mass is 10.1. The van der Waals surface area contributed by atoms with Gasteiger partial charge in [0.25, 0.3) is 0 Å². The van der Waals surface area contributed by atoms with Crippen LogP contribution in [0, 0.1) is 0 Å². The number of carbonyl (C=O) groups is 1. The zero-order valence-electron chi connectivity index (χ0n) is 6.92. The van der Waals surface area contributed by atoms with Crippen LogP contribution in [-0.4, -0.2) is 22.6 Å².